The van der Waals surface area contributed by atoms with Gasteiger partial charge in [-0.3, -0.25) is 4.79 Å². The number of allylic oxidation sites excluding steroid dienone is 2. The number of carbonyl (C=O) groups excluding carboxylic acids is 1. The fourth-order valence-corrected chi connectivity index (χ4v) is 3.75. The Hall–Kier alpha value is -1.30. The maximum absolute atomic E-state index is 12.5. The molecule has 120 valence electrons. The summed E-state index contributed by atoms with van der Waals surface area (Å²) in [5, 5.41) is 9.35. The third-order valence-electron chi connectivity index (χ3n) is 4.37. The average Bonchev–Trinajstić information content (AvgIpc) is 3.31. The molecule has 2 aliphatic rings. The smallest absolute Gasteiger partial charge is 0.237 e. The van der Waals surface area contributed by atoms with Gasteiger partial charge in [0.05, 0.1) is 5.75 Å². The Morgan fingerprint density at radius 1 is 1.41 bits per heavy atom. The van der Waals surface area contributed by atoms with E-state index < -0.39 is 0 Å². The third-order valence-corrected chi connectivity index (χ3v) is 5.37. The molecule has 5 nitrogen and oxygen atoms in total. The zero-order valence-electron chi connectivity index (χ0n) is 13.4. The van der Waals surface area contributed by atoms with Crippen LogP contribution in [0.4, 0.5) is 0 Å². The standard InChI is InChI=1S/C16H24N4OS/c1-3-20(13-7-5-4-6-8-13)14(21)11-22-16-18-17-15(19(16)2)12-9-10-12/h7,12H,3-6,8-11H2,1-2H3. The molecule has 22 heavy (non-hydrogen) atoms. The van der Waals surface area contributed by atoms with Crippen molar-refractivity contribution in [3.05, 3.63) is 17.6 Å². The fraction of sp³-hybridized carbons (Fsp3) is 0.688. The highest BCUT2D eigenvalue weighted by molar-refractivity contribution is 7.99. The Morgan fingerprint density at radius 2 is 2.23 bits per heavy atom. The molecule has 1 amide bonds. The molecule has 1 heterocycles. The van der Waals surface area contributed by atoms with E-state index in [-0.39, 0.29) is 5.91 Å². The largest absolute Gasteiger partial charge is 0.316 e. The molecule has 0 N–H and O–H groups in total. The summed E-state index contributed by atoms with van der Waals surface area (Å²) in [5.41, 5.74) is 1.20. The summed E-state index contributed by atoms with van der Waals surface area (Å²) in [7, 11) is 2.00. The molecule has 0 unspecified atom stereocenters. The molecule has 0 aromatic carbocycles. The normalized spacial score (nSPS) is 18.2. The number of hydrogen-bond acceptors (Lipinski definition) is 4. The summed E-state index contributed by atoms with van der Waals surface area (Å²) in [6.45, 7) is 2.79. The Kier molecular flexibility index (Phi) is 4.86. The average molecular weight is 320 g/mol. The second-order valence-corrected chi connectivity index (χ2v) is 6.98. The van der Waals surface area contributed by atoms with Crippen molar-refractivity contribution in [3.8, 4) is 0 Å². The first kappa shape index (κ1) is 15.6. The summed E-state index contributed by atoms with van der Waals surface area (Å²) in [5.74, 6) is 2.26. The predicted molar refractivity (Wildman–Crippen MR) is 87.6 cm³/mol. The van der Waals surface area contributed by atoms with Gasteiger partial charge in [0.2, 0.25) is 5.91 Å². The second-order valence-electron chi connectivity index (χ2n) is 6.04. The van der Waals surface area contributed by atoms with Crippen molar-refractivity contribution < 1.29 is 4.79 Å². The topological polar surface area (TPSA) is 51.0 Å². The maximum Gasteiger partial charge on any atom is 0.237 e. The van der Waals surface area contributed by atoms with Crippen LogP contribution in [-0.2, 0) is 11.8 Å². The van der Waals surface area contributed by atoms with E-state index >= 15 is 0 Å². The Bertz CT molecular complexity index is 577. The minimum absolute atomic E-state index is 0.177. The van der Waals surface area contributed by atoms with Crippen LogP contribution in [0.1, 0.15) is 57.2 Å². The number of amides is 1. The molecule has 2 aliphatic carbocycles. The van der Waals surface area contributed by atoms with E-state index in [0.29, 0.717) is 11.7 Å². The van der Waals surface area contributed by atoms with Gasteiger partial charge in [0, 0.05) is 25.2 Å². The SMILES string of the molecule is CCN(C(=O)CSc1nnc(C2CC2)n1C)C1=CCCCC1. The highest BCUT2D eigenvalue weighted by Gasteiger charge is 2.29. The van der Waals surface area contributed by atoms with Crippen molar-refractivity contribution in [3.63, 3.8) is 0 Å². The zero-order valence-corrected chi connectivity index (χ0v) is 14.2. The van der Waals surface area contributed by atoms with Crippen molar-refractivity contribution in [2.45, 2.75) is 56.5 Å². The van der Waals surface area contributed by atoms with Crippen LogP contribution in [0.5, 0.6) is 0 Å². The Balaban J connectivity index is 1.60. The Labute approximate surface area is 136 Å². The first-order valence-electron chi connectivity index (χ1n) is 8.22. The molecule has 0 spiro atoms. The number of carbonyl (C=O) groups is 1. The molecule has 0 atom stereocenters. The number of hydrogen-bond donors (Lipinski definition) is 0. The zero-order chi connectivity index (χ0) is 15.5. The van der Waals surface area contributed by atoms with Crippen LogP contribution in [0.2, 0.25) is 0 Å². The summed E-state index contributed by atoms with van der Waals surface area (Å²) in [6.07, 6.45) is 9.22. The van der Waals surface area contributed by atoms with E-state index in [9.17, 15) is 4.79 Å². The lowest BCUT2D eigenvalue weighted by Gasteiger charge is -2.26. The molecule has 1 aromatic heterocycles. The molecular weight excluding hydrogens is 296 g/mol. The monoisotopic (exact) mass is 320 g/mol. The first-order chi connectivity index (χ1) is 10.7. The van der Waals surface area contributed by atoms with Gasteiger partial charge in [-0.15, -0.1) is 10.2 Å². The molecule has 0 saturated heterocycles. The lowest BCUT2D eigenvalue weighted by Crippen LogP contribution is -2.32. The number of nitrogens with zero attached hydrogens (tertiary/aromatic N) is 4. The van der Waals surface area contributed by atoms with Crippen molar-refractivity contribution >= 4 is 17.7 Å². The molecule has 1 aromatic rings. The molecule has 0 radical (unpaired) electrons. The number of thioether (sulfide) groups is 1. The molecule has 1 fully saturated rings. The van der Waals surface area contributed by atoms with Gasteiger partial charge in [-0.2, -0.15) is 0 Å². The summed E-state index contributed by atoms with van der Waals surface area (Å²) in [4.78, 5) is 14.5. The van der Waals surface area contributed by atoms with Crippen LogP contribution in [0.3, 0.4) is 0 Å². The van der Waals surface area contributed by atoms with Crippen molar-refractivity contribution in [1.82, 2.24) is 19.7 Å². The van der Waals surface area contributed by atoms with E-state index in [2.05, 4.69) is 16.3 Å². The van der Waals surface area contributed by atoms with Gasteiger partial charge in [-0.25, -0.2) is 0 Å². The maximum atomic E-state index is 12.5. The van der Waals surface area contributed by atoms with Gasteiger partial charge in [-0.1, -0.05) is 17.8 Å². The summed E-state index contributed by atoms with van der Waals surface area (Å²) >= 11 is 1.50. The van der Waals surface area contributed by atoms with Gasteiger partial charge in [0.25, 0.3) is 0 Å². The second kappa shape index (κ2) is 6.86. The van der Waals surface area contributed by atoms with E-state index in [1.165, 1.54) is 43.1 Å². The van der Waals surface area contributed by atoms with Gasteiger partial charge < -0.3 is 9.47 Å². The molecule has 0 bridgehead atoms. The van der Waals surface area contributed by atoms with Crippen molar-refractivity contribution in [1.29, 1.82) is 0 Å². The van der Waals surface area contributed by atoms with Crippen LogP contribution < -0.4 is 0 Å². The van der Waals surface area contributed by atoms with Gasteiger partial charge >= 0.3 is 0 Å². The highest BCUT2D eigenvalue weighted by atomic mass is 32.2. The van der Waals surface area contributed by atoms with Crippen LogP contribution in [0.25, 0.3) is 0 Å². The number of aromatic nitrogens is 3. The third kappa shape index (κ3) is 3.37. The van der Waals surface area contributed by atoms with E-state index in [1.54, 1.807) is 0 Å². The van der Waals surface area contributed by atoms with Crippen molar-refractivity contribution in [2.75, 3.05) is 12.3 Å². The van der Waals surface area contributed by atoms with E-state index in [0.717, 1.165) is 30.4 Å². The van der Waals surface area contributed by atoms with Gasteiger partial charge in [0.1, 0.15) is 5.82 Å². The van der Waals surface area contributed by atoms with Crippen LogP contribution in [0.15, 0.2) is 16.9 Å². The number of rotatable bonds is 6. The molecular formula is C16H24N4OS. The van der Waals surface area contributed by atoms with Gasteiger partial charge in [0.15, 0.2) is 5.16 Å². The highest BCUT2D eigenvalue weighted by Crippen LogP contribution is 2.39. The quantitative estimate of drug-likeness (QED) is 0.756. The molecule has 3 rings (SSSR count). The summed E-state index contributed by atoms with van der Waals surface area (Å²) < 4.78 is 2.05. The van der Waals surface area contributed by atoms with Crippen LogP contribution in [0, 0.1) is 0 Å². The van der Waals surface area contributed by atoms with E-state index in [1.807, 2.05) is 23.4 Å². The minimum atomic E-state index is 0.177. The van der Waals surface area contributed by atoms with Crippen LogP contribution >= 0.6 is 11.8 Å². The lowest BCUT2D eigenvalue weighted by molar-refractivity contribution is -0.126. The molecule has 1 saturated carbocycles. The van der Waals surface area contributed by atoms with Gasteiger partial charge in [-0.05, 0) is 45.4 Å². The van der Waals surface area contributed by atoms with Crippen LogP contribution in [-0.4, -0.2) is 37.9 Å². The van der Waals surface area contributed by atoms with Crippen molar-refractivity contribution in [2.24, 2.45) is 7.05 Å². The summed E-state index contributed by atoms with van der Waals surface area (Å²) in [6, 6.07) is 0. The molecule has 6 heteroatoms. The Morgan fingerprint density at radius 3 is 2.86 bits per heavy atom. The fourth-order valence-electron chi connectivity index (χ4n) is 2.96. The van der Waals surface area contributed by atoms with E-state index in [4.69, 9.17) is 0 Å². The minimum Gasteiger partial charge on any atom is -0.316 e. The first-order valence-corrected chi connectivity index (χ1v) is 9.20. The molecule has 0 aliphatic heterocycles. The lowest BCUT2D eigenvalue weighted by atomic mass is 10.0. The predicted octanol–water partition coefficient (Wildman–Crippen LogP) is 3.09.